The Hall–Kier alpha value is -2.76. The minimum atomic E-state index is 0.268. The van der Waals surface area contributed by atoms with E-state index < -0.39 is 0 Å². The van der Waals surface area contributed by atoms with Crippen molar-refractivity contribution in [3.8, 4) is 34.5 Å². The van der Waals surface area contributed by atoms with E-state index in [1.807, 2.05) is 0 Å². The highest BCUT2D eigenvalue weighted by Gasteiger charge is 2.20. The molecule has 29 heavy (non-hydrogen) atoms. The lowest BCUT2D eigenvalue weighted by atomic mass is 10.0. The van der Waals surface area contributed by atoms with E-state index >= 15 is 0 Å². The molecule has 0 unspecified atom stereocenters. The van der Waals surface area contributed by atoms with Crippen LogP contribution < -0.4 is 28.4 Å². The molecule has 0 N–H and O–H groups in total. The summed E-state index contributed by atoms with van der Waals surface area (Å²) >= 11 is 0. The Morgan fingerprint density at radius 1 is 0.621 bits per heavy atom. The number of ether oxygens (including phenoxy) is 6. The van der Waals surface area contributed by atoms with E-state index in [2.05, 4.69) is 24.3 Å². The summed E-state index contributed by atoms with van der Waals surface area (Å²) in [6.07, 6.45) is 7.99. The highest BCUT2D eigenvalue weighted by Crippen LogP contribution is 2.43. The van der Waals surface area contributed by atoms with Crippen LogP contribution >= 0.6 is 0 Å². The molecular weight excluding hydrogens is 372 g/mol. The largest absolute Gasteiger partial charge is 0.493 e. The molecule has 0 saturated carbocycles. The Balaban J connectivity index is 1.18. The summed E-state index contributed by atoms with van der Waals surface area (Å²) in [7, 11) is 3.33. The molecule has 2 aliphatic heterocycles. The van der Waals surface area contributed by atoms with Crippen LogP contribution in [0.25, 0.3) is 0 Å². The van der Waals surface area contributed by atoms with Gasteiger partial charge in [0.15, 0.2) is 23.0 Å². The zero-order valence-corrected chi connectivity index (χ0v) is 17.1. The van der Waals surface area contributed by atoms with Crippen LogP contribution in [0, 0.1) is 0 Å². The van der Waals surface area contributed by atoms with Crippen LogP contribution in [0.2, 0.25) is 0 Å². The first-order valence-corrected chi connectivity index (χ1v) is 10.2. The van der Waals surface area contributed by atoms with Crippen molar-refractivity contribution in [1.82, 2.24) is 0 Å². The maximum atomic E-state index is 5.50. The van der Waals surface area contributed by atoms with Gasteiger partial charge < -0.3 is 28.4 Å². The first-order chi connectivity index (χ1) is 14.3. The molecule has 0 saturated heterocycles. The van der Waals surface area contributed by atoms with E-state index in [4.69, 9.17) is 28.4 Å². The van der Waals surface area contributed by atoms with Gasteiger partial charge in [0, 0.05) is 0 Å². The predicted molar refractivity (Wildman–Crippen MR) is 109 cm³/mol. The molecule has 0 spiro atoms. The number of methoxy groups -OCH3 is 2. The van der Waals surface area contributed by atoms with Crippen LogP contribution in [0.15, 0.2) is 24.3 Å². The van der Waals surface area contributed by atoms with Gasteiger partial charge in [0.2, 0.25) is 25.1 Å². The molecule has 2 aliphatic rings. The van der Waals surface area contributed by atoms with Gasteiger partial charge in [-0.25, -0.2) is 0 Å². The summed E-state index contributed by atoms with van der Waals surface area (Å²) in [5, 5.41) is 0. The highest BCUT2D eigenvalue weighted by molar-refractivity contribution is 5.55. The SMILES string of the molecule is COc1cc(CCCCCCCc2cc(OC)c3c(c2)OCO3)cc2c1OCO2. The third kappa shape index (κ3) is 4.47. The third-order valence-electron chi connectivity index (χ3n) is 5.37. The number of hydrogen-bond acceptors (Lipinski definition) is 6. The topological polar surface area (TPSA) is 55.4 Å². The Labute approximate surface area is 171 Å². The molecule has 0 aromatic heterocycles. The van der Waals surface area contributed by atoms with Gasteiger partial charge in [0.05, 0.1) is 14.2 Å². The fourth-order valence-electron chi connectivity index (χ4n) is 3.85. The third-order valence-corrected chi connectivity index (χ3v) is 5.37. The fourth-order valence-corrected chi connectivity index (χ4v) is 3.85. The standard InChI is InChI=1S/C23H28O6/c1-24-18-10-16(12-20-22(18)28-14-26-20)8-6-4-3-5-7-9-17-11-19(25-2)23-21(13-17)27-15-29-23/h10-13H,3-9,14-15H2,1-2H3. The summed E-state index contributed by atoms with van der Waals surface area (Å²) in [5.41, 5.74) is 2.47. The number of fused-ring (bicyclic) bond motifs is 2. The van der Waals surface area contributed by atoms with Gasteiger partial charge in [0.1, 0.15) is 0 Å². The zero-order chi connectivity index (χ0) is 20.1. The second-order valence-corrected chi connectivity index (χ2v) is 7.33. The van der Waals surface area contributed by atoms with Crippen molar-refractivity contribution in [2.24, 2.45) is 0 Å². The molecular formula is C23H28O6. The number of rotatable bonds is 10. The highest BCUT2D eigenvalue weighted by atomic mass is 16.7. The van der Waals surface area contributed by atoms with Crippen molar-refractivity contribution in [3.63, 3.8) is 0 Å². The lowest BCUT2D eigenvalue weighted by molar-refractivity contribution is 0.171. The van der Waals surface area contributed by atoms with Crippen molar-refractivity contribution in [2.45, 2.75) is 44.9 Å². The fraction of sp³-hybridized carbons (Fsp3) is 0.478. The molecule has 0 radical (unpaired) electrons. The molecule has 156 valence electrons. The average molecular weight is 400 g/mol. The van der Waals surface area contributed by atoms with E-state index in [0.717, 1.165) is 60.2 Å². The van der Waals surface area contributed by atoms with E-state index in [0.29, 0.717) is 0 Å². The maximum absolute atomic E-state index is 5.50. The van der Waals surface area contributed by atoms with Gasteiger partial charge in [-0.05, 0) is 61.1 Å². The zero-order valence-electron chi connectivity index (χ0n) is 17.1. The Morgan fingerprint density at radius 3 is 1.52 bits per heavy atom. The Morgan fingerprint density at radius 2 is 1.07 bits per heavy atom. The summed E-state index contributed by atoms with van der Waals surface area (Å²) in [6, 6.07) is 8.25. The molecule has 0 bridgehead atoms. The number of aryl methyl sites for hydroxylation is 2. The van der Waals surface area contributed by atoms with Crippen LogP contribution in [0.3, 0.4) is 0 Å². The van der Waals surface area contributed by atoms with E-state index in [-0.39, 0.29) is 13.6 Å². The van der Waals surface area contributed by atoms with Crippen molar-refractivity contribution in [1.29, 1.82) is 0 Å². The number of hydrogen-bond donors (Lipinski definition) is 0. The lowest BCUT2D eigenvalue weighted by Crippen LogP contribution is -1.93. The van der Waals surface area contributed by atoms with Crippen molar-refractivity contribution < 1.29 is 28.4 Å². The van der Waals surface area contributed by atoms with Gasteiger partial charge in [-0.3, -0.25) is 0 Å². The summed E-state index contributed by atoms with van der Waals surface area (Å²) < 4.78 is 32.7. The van der Waals surface area contributed by atoms with Crippen LogP contribution in [0.5, 0.6) is 34.5 Å². The molecule has 0 fully saturated rings. The molecule has 2 aromatic rings. The van der Waals surface area contributed by atoms with Gasteiger partial charge in [-0.2, -0.15) is 0 Å². The monoisotopic (exact) mass is 400 g/mol. The van der Waals surface area contributed by atoms with Crippen molar-refractivity contribution in [3.05, 3.63) is 35.4 Å². The normalized spacial score (nSPS) is 13.6. The first kappa shape index (κ1) is 19.6. The quantitative estimate of drug-likeness (QED) is 0.529. The summed E-state index contributed by atoms with van der Waals surface area (Å²) in [4.78, 5) is 0. The second kappa shape index (κ2) is 9.16. The molecule has 0 aliphatic carbocycles. The second-order valence-electron chi connectivity index (χ2n) is 7.33. The molecule has 2 heterocycles. The first-order valence-electron chi connectivity index (χ1n) is 10.2. The average Bonchev–Trinajstić information content (AvgIpc) is 3.41. The van der Waals surface area contributed by atoms with E-state index in [1.165, 1.54) is 30.4 Å². The number of benzene rings is 2. The van der Waals surface area contributed by atoms with Crippen LogP contribution in [-0.4, -0.2) is 27.8 Å². The van der Waals surface area contributed by atoms with Crippen LogP contribution in [0.1, 0.15) is 43.2 Å². The molecule has 4 rings (SSSR count). The van der Waals surface area contributed by atoms with Gasteiger partial charge >= 0.3 is 0 Å². The minimum Gasteiger partial charge on any atom is -0.493 e. The van der Waals surface area contributed by atoms with Crippen molar-refractivity contribution in [2.75, 3.05) is 27.8 Å². The maximum Gasteiger partial charge on any atom is 0.231 e. The van der Waals surface area contributed by atoms with Crippen molar-refractivity contribution >= 4 is 0 Å². The smallest absolute Gasteiger partial charge is 0.231 e. The number of unbranched alkanes of at least 4 members (excludes halogenated alkanes) is 4. The van der Waals surface area contributed by atoms with E-state index in [1.54, 1.807) is 14.2 Å². The molecule has 0 atom stereocenters. The molecule has 6 nitrogen and oxygen atoms in total. The molecule has 2 aromatic carbocycles. The summed E-state index contributed by atoms with van der Waals surface area (Å²) in [6.45, 7) is 0.536. The molecule has 6 heteroatoms. The van der Waals surface area contributed by atoms with Gasteiger partial charge in [-0.1, -0.05) is 19.3 Å². The van der Waals surface area contributed by atoms with E-state index in [9.17, 15) is 0 Å². The lowest BCUT2D eigenvalue weighted by Gasteiger charge is -2.09. The Bertz CT molecular complexity index is 778. The van der Waals surface area contributed by atoms with Crippen LogP contribution in [0.4, 0.5) is 0 Å². The Kier molecular flexibility index (Phi) is 6.17. The predicted octanol–water partition coefficient (Wildman–Crippen LogP) is 4.90. The van der Waals surface area contributed by atoms with Crippen LogP contribution in [-0.2, 0) is 12.8 Å². The van der Waals surface area contributed by atoms with Gasteiger partial charge in [0.25, 0.3) is 0 Å². The molecule has 0 amide bonds. The van der Waals surface area contributed by atoms with Gasteiger partial charge in [-0.15, -0.1) is 0 Å². The minimum absolute atomic E-state index is 0.268. The summed E-state index contributed by atoms with van der Waals surface area (Å²) in [5.74, 6) is 4.54.